The third kappa shape index (κ3) is 6.55. The normalized spacial score (nSPS) is 11.3. The SMILES string of the molecule is CCCCC/C(CNc1nc(Nc2ccc(-c3ccncn3)cc2)c(C(N)=O)cc1F)=N\C. The molecule has 0 aliphatic rings. The molecular formula is C24H28FN7O. The molecule has 0 aliphatic heterocycles. The van der Waals surface area contributed by atoms with Crippen molar-refractivity contribution >= 4 is 28.9 Å². The van der Waals surface area contributed by atoms with Gasteiger partial charge in [0.25, 0.3) is 5.91 Å². The van der Waals surface area contributed by atoms with E-state index in [1.54, 1.807) is 13.2 Å². The molecule has 0 aliphatic carbocycles. The van der Waals surface area contributed by atoms with E-state index in [1.165, 1.54) is 6.33 Å². The molecule has 0 saturated heterocycles. The van der Waals surface area contributed by atoms with Gasteiger partial charge in [0.15, 0.2) is 11.6 Å². The average Bonchev–Trinajstić information content (AvgIpc) is 2.83. The van der Waals surface area contributed by atoms with Crippen molar-refractivity contribution < 1.29 is 9.18 Å². The van der Waals surface area contributed by atoms with E-state index in [-0.39, 0.29) is 17.2 Å². The lowest BCUT2D eigenvalue weighted by atomic mass is 10.1. The Morgan fingerprint density at radius 1 is 1.15 bits per heavy atom. The Bertz CT molecular complexity index is 1100. The van der Waals surface area contributed by atoms with Gasteiger partial charge in [0.05, 0.1) is 17.8 Å². The number of anilines is 3. The van der Waals surface area contributed by atoms with Crippen LogP contribution in [0.1, 0.15) is 43.0 Å². The molecule has 2 heterocycles. The molecule has 0 bridgehead atoms. The van der Waals surface area contributed by atoms with E-state index in [4.69, 9.17) is 5.73 Å². The van der Waals surface area contributed by atoms with Crippen molar-refractivity contribution in [2.45, 2.75) is 32.6 Å². The monoisotopic (exact) mass is 449 g/mol. The van der Waals surface area contributed by atoms with Crippen LogP contribution in [0.25, 0.3) is 11.3 Å². The number of pyridine rings is 1. The number of nitrogens with two attached hydrogens (primary N) is 1. The van der Waals surface area contributed by atoms with Gasteiger partial charge in [-0.25, -0.2) is 19.3 Å². The molecule has 0 fully saturated rings. The van der Waals surface area contributed by atoms with Gasteiger partial charge in [-0.15, -0.1) is 0 Å². The molecule has 3 aromatic rings. The maximum Gasteiger partial charge on any atom is 0.252 e. The van der Waals surface area contributed by atoms with Crippen LogP contribution in [0.5, 0.6) is 0 Å². The highest BCUT2D eigenvalue weighted by Crippen LogP contribution is 2.25. The lowest BCUT2D eigenvalue weighted by Gasteiger charge is -2.14. The fourth-order valence-electron chi connectivity index (χ4n) is 3.26. The molecular weight excluding hydrogens is 421 g/mol. The van der Waals surface area contributed by atoms with Crippen molar-refractivity contribution in [3.05, 3.63) is 60.3 Å². The largest absolute Gasteiger partial charge is 0.365 e. The number of halogens is 1. The number of primary amides is 1. The van der Waals surface area contributed by atoms with E-state index in [9.17, 15) is 9.18 Å². The predicted octanol–water partition coefficient (Wildman–Crippen LogP) is 4.58. The summed E-state index contributed by atoms with van der Waals surface area (Å²) in [5.74, 6) is -1.24. The van der Waals surface area contributed by atoms with Crippen molar-refractivity contribution in [3.8, 4) is 11.3 Å². The number of nitrogens with zero attached hydrogens (tertiary/aromatic N) is 4. The maximum atomic E-state index is 14.6. The minimum absolute atomic E-state index is 0.0248. The number of hydrogen-bond donors (Lipinski definition) is 3. The highest BCUT2D eigenvalue weighted by molar-refractivity contribution is 5.98. The summed E-state index contributed by atoms with van der Waals surface area (Å²) in [6, 6.07) is 10.3. The molecule has 1 aromatic carbocycles. The third-order valence-corrected chi connectivity index (χ3v) is 5.11. The summed E-state index contributed by atoms with van der Waals surface area (Å²) in [6.45, 7) is 2.51. The molecule has 33 heavy (non-hydrogen) atoms. The summed E-state index contributed by atoms with van der Waals surface area (Å²) < 4.78 is 14.6. The third-order valence-electron chi connectivity index (χ3n) is 5.11. The highest BCUT2D eigenvalue weighted by Gasteiger charge is 2.16. The van der Waals surface area contributed by atoms with Crippen molar-refractivity contribution in [2.24, 2.45) is 10.7 Å². The lowest BCUT2D eigenvalue weighted by molar-refractivity contribution is 0.100. The van der Waals surface area contributed by atoms with Crippen LogP contribution in [0.4, 0.5) is 21.7 Å². The van der Waals surface area contributed by atoms with Crippen molar-refractivity contribution in [1.82, 2.24) is 15.0 Å². The standard InChI is InChI=1S/C24H28FN7O/c1-3-4-5-6-18(27-2)14-29-24-20(25)13-19(22(26)33)23(32-24)31-17-9-7-16(8-10-17)21-11-12-28-15-30-21/h7-13,15H,3-6,14H2,1-2H3,(H2,26,33)(H2,29,31,32)/b27-18+. The Balaban J connectivity index is 1.78. The molecule has 4 N–H and O–H groups in total. The number of aliphatic imine (C=N–C) groups is 1. The van der Waals surface area contributed by atoms with E-state index >= 15 is 0 Å². The van der Waals surface area contributed by atoms with Crippen molar-refractivity contribution in [3.63, 3.8) is 0 Å². The van der Waals surface area contributed by atoms with E-state index in [1.807, 2.05) is 30.3 Å². The quantitative estimate of drug-likeness (QED) is 0.291. The van der Waals surface area contributed by atoms with Crippen LogP contribution in [0.2, 0.25) is 0 Å². The number of unbranched alkanes of at least 4 members (excludes halogenated alkanes) is 2. The molecule has 1 amide bonds. The first-order chi connectivity index (χ1) is 16.0. The molecule has 2 aromatic heterocycles. The molecule has 0 saturated carbocycles. The predicted molar refractivity (Wildman–Crippen MR) is 129 cm³/mol. The van der Waals surface area contributed by atoms with E-state index in [0.717, 1.165) is 48.7 Å². The zero-order chi connectivity index (χ0) is 23.6. The first-order valence-corrected chi connectivity index (χ1v) is 10.8. The van der Waals surface area contributed by atoms with Crippen molar-refractivity contribution in [2.75, 3.05) is 24.2 Å². The Morgan fingerprint density at radius 3 is 2.58 bits per heavy atom. The van der Waals surface area contributed by atoms with Crippen LogP contribution in [-0.4, -0.2) is 40.2 Å². The molecule has 9 heteroatoms. The maximum absolute atomic E-state index is 14.6. The van der Waals surface area contributed by atoms with Gasteiger partial charge in [-0.3, -0.25) is 9.79 Å². The first kappa shape index (κ1) is 23.8. The minimum Gasteiger partial charge on any atom is -0.365 e. The minimum atomic E-state index is -0.775. The van der Waals surface area contributed by atoms with Gasteiger partial charge >= 0.3 is 0 Å². The molecule has 0 radical (unpaired) electrons. The Hall–Kier alpha value is -3.88. The number of aromatic nitrogens is 3. The van der Waals surface area contributed by atoms with E-state index in [2.05, 4.69) is 37.5 Å². The summed E-state index contributed by atoms with van der Waals surface area (Å²) in [4.78, 5) is 28.6. The fraction of sp³-hybridized carbons (Fsp3) is 0.292. The molecule has 0 unspecified atom stereocenters. The molecule has 0 atom stereocenters. The van der Waals surface area contributed by atoms with Gasteiger partial charge < -0.3 is 16.4 Å². The van der Waals surface area contributed by atoms with Crippen LogP contribution in [0, 0.1) is 5.82 Å². The fourth-order valence-corrected chi connectivity index (χ4v) is 3.26. The molecule has 3 rings (SSSR count). The number of benzene rings is 1. The summed E-state index contributed by atoms with van der Waals surface area (Å²) in [7, 11) is 1.72. The van der Waals surface area contributed by atoms with Crippen LogP contribution in [0.3, 0.4) is 0 Å². The average molecular weight is 450 g/mol. The van der Waals surface area contributed by atoms with Crippen LogP contribution in [0.15, 0.2) is 53.9 Å². The second-order valence-electron chi connectivity index (χ2n) is 7.48. The van der Waals surface area contributed by atoms with Crippen LogP contribution >= 0.6 is 0 Å². The van der Waals surface area contributed by atoms with Gasteiger partial charge in [0, 0.05) is 30.2 Å². The van der Waals surface area contributed by atoms with Gasteiger partial charge in [-0.2, -0.15) is 0 Å². The number of amides is 1. The topological polar surface area (TPSA) is 118 Å². The summed E-state index contributed by atoms with van der Waals surface area (Å²) in [6.07, 6.45) is 7.24. The van der Waals surface area contributed by atoms with Gasteiger partial charge in [0.1, 0.15) is 12.1 Å². The van der Waals surface area contributed by atoms with Gasteiger partial charge in [0.2, 0.25) is 0 Å². The van der Waals surface area contributed by atoms with Gasteiger partial charge in [-0.1, -0.05) is 31.9 Å². The number of hydrogen-bond acceptors (Lipinski definition) is 7. The Morgan fingerprint density at radius 2 is 1.94 bits per heavy atom. The van der Waals surface area contributed by atoms with E-state index < -0.39 is 11.7 Å². The summed E-state index contributed by atoms with van der Waals surface area (Å²) >= 11 is 0. The molecule has 172 valence electrons. The second kappa shape index (κ2) is 11.7. The Labute approximate surface area is 192 Å². The zero-order valence-corrected chi connectivity index (χ0v) is 18.8. The zero-order valence-electron chi connectivity index (χ0n) is 18.8. The summed E-state index contributed by atoms with van der Waals surface area (Å²) in [5, 5.41) is 6.05. The molecule has 8 nitrogen and oxygen atoms in total. The summed E-state index contributed by atoms with van der Waals surface area (Å²) in [5.41, 5.74) is 8.70. The number of rotatable bonds is 11. The number of carbonyl (C=O) groups is 1. The van der Waals surface area contributed by atoms with Crippen LogP contribution in [-0.2, 0) is 0 Å². The second-order valence-corrected chi connectivity index (χ2v) is 7.48. The number of nitrogens with one attached hydrogen (secondary N) is 2. The highest BCUT2D eigenvalue weighted by atomic mass is 19.1. The number of carbonyl (C=O) groups excluding carboxylic acids is 1. The molecule has 0 spiro atoms. The van der Waals surface area contributed by atoms with Gasteiger partial charge in [-0.05, 0) is 37.1 Å². The smallest absolute Gasteiger partial charge is 0.252 e. The lowest BCUT2D eigenvalue weighted by Crippen LogP contribution is -2.19. The van der Waals surface area contributed by atoms with E-state index in [0.29, 0.717) is 12.2 Å². The van der Waals surface area contributed by atoms with Crippen molar-refractivity contribution in [1.29, 1.82) is 0 Å². The first-order valence-electron chi connectivity index (χ1n) is 10.8. The van der Waals surface area contributed by atoms with Crippen LogP contribution < -0.4 is 16.4 Å². The Kier molecular flexibility index (Phi) is 8.40.